The van der Waals surface area contributed by atoms with Crippen LogP contribution in [-0.2, 0) is 18.3 Å². The van der Waals surface area contributed by atoms with Crippen LogP contribution in [0.25, 0.3) is 0 Å². The van der Waals surface area contributed by atoms with Crippen LogP contribution in [0.5, 0.6) is 0 Å². The molecule has 0 aromatic carbocycles. The van der Waals surface area contributed by atoms with Crippen LogP contribution in [0.2, 0.25) is 0 Å². The lowest BCUT2D eigenvalue weighted by atomic mass is 9.93. The van der Waals surface area contributed by atoms with Crippen molar-refractivity contribution in [1.82, 2.24) is 9.99 Å². The molecule has 0 aromatic rings. The number of ether oxygens (including phenoxy) is 1. The predicted octanol–water partition coefficient (Wildman–Crippen LogP) is 6.80. The number of nitrogens with one attached hydrogen (secondary N) is 1. The Morgan fingerprint density at radius 2 is 1.10 bits per heavy atom. The summed E-state index contributed by atoms with van der Waals surface area (Å²) in [5.41, 5.74) is 0. The van der Waals surface area contributed by atoms with E-state index in [1.807, 2.05) is 0 Å². The normalized spacial score (nSPS) is 24.3. The Bertz CT molecular complexity index is 730. The van der Waals surface area contributed by atoms with Crippen LogP contribution < -0.4 is 5.09 Å². The summed E-state index contributed by atoms with van der Waals surface area (Å²) in [6.07, 6.45) is 16.6. The lowest BCUT2D eigenvalue weighted by Crippen LogP contribution is -2.69. The molecule has 2 rings (SSSR count). The average Bonchev–Trinajstić information content (AvgIpc) is 3.37. The van der Waals surface area contributed by atoms with Gasteiger partial charge in [-0.05, 0) is 12.8 Å². The molecule has 0 radical (unpaired) electrons. The molecule has 0 saturated carbocycles. The van der Waals surface area contributed by atoms with Crippen LogP contribution in [-0.4, -0.2) is 76.7 Å². The third kappa shape index (κ3) is 13.5. The monoisotopic (exact) mass is 620 g/mol. The molecular weight excluding hydrogens is 559 g/mol. The number of carbonyl (C=O) groups is 1. The fourth-order valence-corrected chi connectivity index (χ4v) is 7.34. The number of unbranched alkanes of at least 4 members (excludes halogenated alkanes) is 18. The van der Waals surface area contributed by atoms with Gasteiger partial charge in [-0.1, -0.05) is 129 Å². The highest BCUT2D eigenvalue weighted by Gasteiger charge is 2.55. The van der Waals surface area contributed by atoms with Crippen LogP contribution >= 0.6 is 7.75 Å². The molecule has 248 valence electrons. The summed E-state index contributed by atoms with van der Waals surface area (Å²) in [4.78, 5) is 13.5. The fourth-order valence-electron chi connectivity index (χ4n) is 5.77. The second kappa shape index (κ2) is 21.9. The number of rotatable bonds is 26. The Hall–Kier alpha value is -0.740. The number of aliphatic hydroxyl groups is 3. The number of aliphatic hydroxyl groups excluding tert-OH is 3. The molecule has 2 heterocycles. The second-order valence-corrected chi connectivity index (χ2v) is 13.9. The van der Waals surface area contributed by atoms with Crippen molar-refractivity contribution >= 4 is 13.8 Å². The van der Waals surface area contributed by atoms with E-state index in [0.717, 1.165) is 30.6 Å². The molecule has 4 N–H and O–H groups in total. The van der Waals surface area contributed by atoms with Gasteiger partial charge in [0.25, 0.3) is 0 Å². The number of nitrogens with zero attached hydrogens (tertiary/aromatic N) is 1. The summed E-state index contributed by atoms with van der Waals surface area (Å²) in [6, 6.07) is -0.870. The van der Waals surface area contributed by atoms with E-state index in [1.165, 1.54) is 89.9 Å². The van der Waals surface area contributed by atoms with Gasteiger partial charge in [0.15, 0.2) is 0 Å². The summed E-state index contributed by atoms with van der Waals surface area (Å²) < 4.78 is 30.4. The third-order valence-electron chi connectivity index (χ3n) is 8.47. The number of hydrogen-bond acceptors (Lipinski definition) is 8. The summed E-state index contributed by atoms with van der Waals surface area (Å²) >= 11 is 0. The third-order valence-corrected chi connectivity index (χ3v) is 10.1. The zero-order valence-corrected chi connectivity index (χ0v) is 27.3. The molecule has 10 nitrogen and oxygen atoms in total. The van der Waals surface area contributed by atoms with Crippen molar-refractivity contribution in [1.29, 1.82) is 0 Å². The Labute approximate surface area is 254 Å². The van der Waals surface area contributed by atoms with Gasteiger partial charge in [-0.2, -0.15) is 5.09 Å². The molecule has 0 bridgehead atoms. The van der Waals surface area contributed by atoms with E-state index in [4.69, 9.17) is 13.8 Å². The standard InChI is InChI=1S/C31H61N2O8P/c1-3-5-7-9-11-13-15-17-19-21-23-40-42(38,41-24-22-20-18-16-14-12-10-8-6-4-2)32-30-29(36)28(35)27(34)26-25-39-31(37)33(26)30/h26-30,34-36H,3-25H2,1-2H3,(H,32,38)/t26?,27-,28+,29?,30+/m1/s1. The zero-order chi connectivity index (χ0) is 30.6. The smallest absolute Gasteiger partial charge is 0.411 e. The molecule has 2 saturated heterocycles. The maximum atomic E-state index is 13.8. The van der Waals surface area contributed by atoms with Gasteiger partial charge in [0, 0.05) is 0 Å². The summed E-state index contributed by atoms with van der Waals surface area (Å²) in [5, 5.41) is 34.2. The van der Waals surface area contributed by atoms with Crippen molar-refractivity contribution in [3.8, 4) is 0 Å². The highest BCUT2D eigenvalue weighted by Crippen LogP contribution is 2.46. The zero-order valence-electron chi connectivity index (χ0n) is 26.4. The molecule has 1 amide bonds. The molecule has 11 heteroatoms. The minimum Gasteiger partial charge on any atom is -0.447 e. The lowest BCUT2D eigenvalue weighted by molar-refractivity contribution is -0.145. The van der Waals surface area contributed by atoms with Crippen LogP contribution in [0.3, 0.4) is 0 Å². The number of cyclic esters (lactones) is 1. The maximum absolute atomic E-state index is 13.8. The second-order valence-electron chi connectivity index (χ2n) is 12.1. The van der Waals surface area contributed by atoms with Gasteiger partial charge < -0.3 is 20.1 Å². The summed E-state index contributed by atoms with van der Waals surface area (Å²) in [6.45, 7) is 4.73. The molecule has 2 fully saturated rings. The van der Waals surface area contributed by atoms with Crippen molar-refractivity contribution in [2.75, 3.05) is 19.8 Å². The lowest BCUT2D eigenvalue weighted by Gasteiger charge is -2.44. The summed E-state index contributed by atoms with van der Waals surface area (Å²) in [7, 11) is -3.95. The van der Waals surface area contributed by atoms with Gasteiger partial charge in [-0.3, -0.25) is 13.9 Å². The van der Waals surface area contributed by atoms with Gasteiger partial charge in [-0.25, -0.2) is 9.36 Å². The predicted molar refractivity (Wildman–Crippen MR) is 165 cm³/mol. The number of fused-ring (bicyclic) bond motifs is 1. The van der Waals surface area contributed by atoms with Crippen LogP contribution in [0.15, 0.2) is 0 Å². The Morgan fingerprint density at radius 1 is 0.690 bits per heavy atom. The molecule has 2 unspecified atom stereocenters. The SMILES string of the molecule is CCCCCCCCCCCCOP(=O)(N[C@@H]1C(O)[C@@H](O)[C@H](O)C2COC(=O)N21)OCCCCCCCCCCCC. The average molecular weight is 621 g/mol. The molecule has 0 aromatic heterocycles. The summed E-state index contributed by atoms with van der Waals surface area (Å²) in [5.74, 6) is 0. The first kappa shape index (κ1) is 37.4. The topological polar surface area (TPSA) is 138 Å². The van der Waals surface area contributed by atoms with E-state index in [0.29, 0.717) is 12.8 Å². The number of hydrogen-bond donors (Lipinski definition) is 4. The first-order valence-electron chi connectivity index (χ1n) is 17.0. The van der Waals surface area contributed by atoms with Crippen LogP contribution in [0, 0.1) is 0 Å². The Kier molecular flexibility index (Phi) is 19.5. The van der Waals surface area contributed by atoms with Gasteiger partial charge >= 0.3 is 13.8 Å². The first-order valence-corrected chi connectivity index (χ1v) is 18.5. The van der Waals surface area contributed by atoms with Gasteiger partial charge in [0.1, 0.15) is 31.1 Å². The number of piperidine rings is 1. The molecule has 5 atom stereocenters. The quantitative estimate of drug-likeness (QED) is 0.0607. The Balaban J connectivity index is 1.81. The van der Waals surface area contributed by atoms with E-state index in [-0.39, 0.29) is 19.8 Å². The van der Waals surface area contributed by atoms with E-state index < -0.39 is 44.4 Å². The van der Waals surface area contributed by atoms with Gasteiger partial charge in [0.05, 0.1) is 19.3 Å². The molecule has 0 spiro atoms. The molecule has 0 aliphatic carbocycles. The van der Waals surface area contributed by atoms with Crippen molar-refractivity contribution in [3.63, 3.8) is 0 Å². The largest absolute Gasteiger partial charge is 0.447 e. The maximum Gasteiger partial charge on any atom is 0.411 e. The number of carbonyl (C=O) groups excluding carboxylic acids is 1. The van der Waals surface area contributed by atoms with Crippen LogP contribution in [0.4, 0.5) is 4.79 Å². The van der Waals surface area contributed by atoms with E-state index in [1.54, 1.807) is 0 Å². The number of amides is 1. The van der Waals surface area contributed by atoms with E-state index in [2.05, 4.69) is 18.9 Å². The van der Waals surface area contributed by atoms with Gasteiger partial charge in [-0.15, -0.1) is 0 Å². The van der Waals surface area contributed by atoms with Crippen molar-refractivity contribution in [2.24, 2.45) is 0 Å². The fraction of sp³-hybridized carbons (Fsp3) is 0.968. The minimum absolute atomic E-state index is 0.134. The van der Waals surface area contributed by atoms with E-state index >= 15 is 0 Å². The molecule has 2 aliphatic heterocycles. The highest BCUT2D eigenvalue weighted by atomic mass is 31.2. The molecular formula is C31H61N2O8P. The minimum atomic E-state index is -3.95. The van der Waals surface area contributed by atoms with Crippen LogP contribution in [0.1, 0.15) is 142 Å². The van der Waals surface area contributed by atoms with E-state index in [9.17, 15) is 24.7 Å². The van der Waals surface area contributed by atoms with Crippen molar-refractivity contribution < 1.29 is 38.5 Å². The Morgan fingerprint density at radius 3 is 1.52 bits per heavy atom. The highest BCUT2D eigenvalue weighted by molar-refractivity contribution is 7.51. The molecule has 2 aliphatic rings. The van der Waals surface area contributed by atoms with Gasteiger partial charge in [0.2, 0.25) is 0 Å². The van der Waals surface area contributed by atoms with Crippen molar-refractivity contribution in [3.05, 3.63) is 0 Å². The first-order chi connectivity index (χ1) is 20.3. The van der Waals surface area contributed by atoms with Crippen molar-refractivity contribution in [2.45, 2.75) is 173 Å². The molecule has 42 heavy (non-hydrogen) atoms.